The largest absolute Gasteiger partial charge is 0.416 e. The number of halogens is 3. The van der Waals surface area contributed by atoms with Crippen LogP contribution in [0.2, 0.25) is 0 Å². The monoisotopic (exact) mass is 496 g/mol. The van der Waals surface area contributed by atoms with E-state index in [0.717, 1.165) is 29.2 Å². The van der Waals surface area contributed by atoms with Crippen LogP contribution in [-0.4, -0.2) is 58.4 Å². The Hall–Kier alpha value is -3.82. The van der Waals surface area contributed by atoms with E-state index in [2.05, 4.69) is 15.3 Å². The molecule has 0 bridgehead atoms. The number of piperazine rings is 1. The number of hydrogen-bond donors (Lipinski definition) is 1. The molecule has 1 amide bonds. The van der Waals surface area contributed by atoms with Crippen molar-refractivity contribution in [1.82, 2.24) is 19.3 Å². The number of amides is 1. The molecule has 1 fully saturated rings. The highest BCUT2D eigenvalue weighted by Crippen LogP contribution is 2.35. The van der Waals surface area contributed by atoms with Crippen molar-refractivity contribution in [1.29, 1.82) is 0 Å². The first kappa shape index (κ1) is 23.9. The standard InChI is InChI=1S/C26H27F3N6O/c1-16(19-5-4-6-21(17(19)2)26(27,28)29)14-31-24-20-13-18(34-12-11-33(3)23(36)15-34)7-8-22(20)35-10-9-30-25(35)32-24/h4-10,13,16H,11-12,14-15H2,1-3H3,(H,30,31,32)/t16-/m0/s1. The molecule has 2 aromatic carbocycles. The maximum absolute atomic E-state index is 13.4. The van der Waals surface area contributed by atoms with Crippen LogP contribution in [0, 0.1) is 6.92 Å². The Labute approximate surface area is 206 Å². The molecule has 4 aromatic rings. The van der Waals surface area contributed by atoms with Gasteiger partial charge in [-0.2, -0.15) is 18.2 Å². The molecule has 1 aliphatic rings. The molecule has 5 rings (SSSR count). The second-order valence-corrected chi connectivity index (χ2v) is 9.30. The van der Waals surface area contributed by atoms with Gasteiger partial charge in [-0.3, -0.25) is 9.20 Å². The highest BCUT2D eigenvalue weighted by Gasteiger charge is 2.33. The van der Waals surface area contributed by atoms with Crippen molar-refractivity contribution in [2.24, 2.45) is 0 Å². The molecule has 7 nitrogen and oxygen atoms in total. The van der Waals surface area contributed by atoms with E-state index in [-0.39, 0.29) is 17.4 Å². The second-order valence-electron chi connectivity index (χ2n) is 9.30. The Morgan fingerprint density at radius 3 is 2.72 bits per heavy atom. The molecule has 0 spiro atoms. The van der Waals surface area contributed by atoms with Crippen molar-refractivity contribution >= 4 is 34.1 Å². The third kappa shape index (κ3) is 4.31. The summed E-state index contributed by atoms with van der Waals surface area (Å²) in [6, 6.07) is 10.3. The number of nitrogens with zero attached hydrogens (tertiary/aromatic N) is 5. The number of alkyl halides is 3. The summed E-state index contributed by atoms with van der Waals surface area (Å²) in [5.41, 5.74) is 2.07. The lowest BCUT2D eigenvalue weighted by Crippen LogP contribution is -2.48. The van der Waals surface area contributed by atoms with E-state index >= 15 is 0 Å². The van der Waals surface area contributed by atoms with Gasteiger partial charge in [-0.15, -0.1) is 0 Å². The van der Waals surface area contributed by atoms with E-state index in [0.29, 0.717) is 36.8 Å². The van der Waals surface area contributed by atoms with Gasteiger partial charge in [0.05, 0.1) is 17.6 Å². The molecule has 0 saturated carbocycles. The van der Waals surface area contributed by atoms with Crippen molar-refractivity contribution in [3.63, 3.8) is 0 Å². The lowest BCUT2D eigenvalue weighted by Gasteiger charge is -2.33. The maximum Gasteiger partial charge on any atom is 0.416 e. The molecule has 1 aliphatic heterocycles. The van der Waals surface area contributed by atoms with E-state index < -0.39 is 11.7 Å². The number of nitrogens with one attached hydrogen (secondary N) is 1. The van der Waals surface area contributed by atoms with Gasteiger partial charge in [-0.05, 0) is 48.2 Å². The first-order chi connectivity index (χ1) is 17.1. The number of aromatic nitrogens is 3. The number of carbonyl (C=O) groups is 1. The topological polar surface area (TPSA) is 65.8 Å². The number of carbonyl (C=O) groups excluding carboxylic acids is 1. The number of likely N-dealkylation sites (N-methyl/N-ethyl adjacent to an activating group) is 1. The summed E-state index contributed by atoms with van der Waals surface area (Å²) >= 11 is 0. The molecule has 1 N–H and O–H groups in total. The van der Waals surface area contributed by atoms with Gasteiger partial charge in [0.25, 0.3) is 0 Å². The van der Waals surface area contributed by atoms with E-state index in [1.54, 1.807) is 24.2 Å². The van der Waals surface area contributed by atoms with Crippen molar-refractivity contribution in [2.75, 3.05) is 43.4 Å². The van der Waals surface area contributed by atoms with Gasteiger partial charge in [0.15, 0.2) is 0 Å². The molecule has 188 valence electrons. The minimum atomic E-state index is -4.39. The highest BCUT2D eigenvalue weighted by atomic mass is 19.4. The zero-order valence-corrected chi connectivity index (χ0v) is 20.3. The van der Waals surface area contributed by atoms with E-state index in [1.165, 1.54) is 13.0 Å². The summed E-state index contributed by atoms with van der Waals surface area (Å²) in [5.74, 6) is 0.990. The molecule has 1 saturated heterocycles. The molecule has 0 radical (unpaired) electrons. The van der Waals surface area contributed by atoms with Crippen LogP contribution in [0.1, 0.15) is 29.5 Å². The highest BCUT2D eigenvalue weighted by molar-refractivity contribution is 5.94. The van der Waals surface area contributed by atoms with Gasteiger partial charge in [-0.1, -0.05) is 19.1 Å². The van der Waals surface area contributed by atoms with Crippen molar-refractivity contribution in [2.45, 2.75) is 25.9 Å². The first-order valence-corrected chi connectivity index (χ1v) is 11.8. The van der Waals surface area contributed by atoms with Crippen LogP contribution in [0.4, 0.5) is 24.7 Å². The van der Waals surface area contributed by atoms with Gasteiger partial charge in [0.1, 0.15) is 5.82 Å². The van der Waals surface area contributed by atoms with Crippen LogP contribution in [0.5, 0.6) is 0 Å². The summed E-state index contributed by atoms with van der Waals surface area (Å²) in [7, 11) is 1.80. The first-order valence-electron chi connectivity index (χ1n) is 11.8. The predicted molar refractivity (Wildman–Crippen MR) is 133 cm³/mol. The number of imidazole rings is 1. The summed E-state index contributed by atoms with van der Waals surface area (Å²) in [6.07, 6.45) is -0.882. The minimum Gasteiger partial charge on any atom is -0.369 e. The molecule has 10 heteroatoms. The van der Waals surface area contributed by atoms with Crippen molar-refractivity contribution in [3.8, 4) is 0 Å². The predicted octanol–water partition coefficient (Wildman–Crippen LogP) is 4.70. The van der Waals surface area contributed by atoms with Gasteiger partial charge < -0.3 is 15.1 Å². The molecular weight excluding hydrogens is 469 g/mol. The van der Waals surface area contributed by atoms with E-state index in [4.69, 9.17) is 0 Å². The van der Waals surface area contributed by atoms with Crippen LogP contribution in [-0.2, 0) is 11.0 Å². The minimum absolute atomic E-state index is 0.0631. The summed E-state index contributed by atoms with van der Waals surface area (Å²) < 4.78 is 42.1. The Morgan fingerprint density at radius 1 is 1.17 bits per heavy atom. The second kappa shape index (κ2) is 9.00. The number of benzene rings is 2. The molecule has 1 atom stereocenters. The normalized spacial score (nSPS) is 15.7. The number of rotatable bonds is 5. The number of anilines is 2. The van der Waals surface area contributed by atoms with E-state index in [1.807, 2.05) is 40.6 Å². The SMILES string of the molecule is Cc1c([C@@H](C)CNc2nc3nccn3c3ccc(N4CCN(C)C(=O)C4)cc23)cccc1C(F)(F)F. The molecule has 36 heavy (non-hydrogen) atoms. The van der Waals surface area contributed by atoms with Crippen LogP contribution in [0.25, 0.3) is 16.7 Å². The van der Waals surface area contributed by atoms with Crippen LogP contribution < -0.4 is 10.2 Å². The summed E-state index contributed by atoms with van der Waals surface area (Å²) in [6.45, 7) is 5.48. The Balaban J connectivity index is 1.48. The van der Waals surface area contributed by atoms with Crippen molar-refractivity contribution < 1.29 is 18.0 Å². The average molecular weight is 497 g/mol. The van der Waals surface area contributed by atoms with Gasteiger partial charge >= 0.3 is 6.18 Å². The van der Waals surface area contributed by atoms with Gasteiger partial charge in [0, 0.05) is 50.1 Å². The molecule has 2 aromatic heterocycles. The average Bonchev–Trinajstić information content (AvgIpc) is 3.32. The van der Waals surface area contributed by atoms with Gasteiger partial charge in [-0.25, -0.2) is 4.98 Å². The Kier molecular flexibility index (Phi) is 5.97. The fourth-order valence-corrected chi connectivity index (χ4v) is 4.81. The summed E-state index contributed by atoms with van der Waals surface area (Å²) in [5, 5.41) is 4.20. The molecule has 0 aliphatic carbocycles. The fourth-order valence-electron chi connectivity index (χ4n) is 4.81. The quantitative estimate of drug-likeness (QED) is 0.434. The van der Waals surface area contributed by atoms with Crippen LogP contribution >= 0.6 is 0 Å². The van der Waals surface area contributed by atoms with Gasteiger partial charge in [0.2, 0.25) is 11.7 Å². The molecule has 3 heterocycles. The van der Waals surface area contributed by atoms with Crippen LogP contribution in [0.3, 0.4) is 0 Å². The lowest BCUT2D eigenvalue weighted by atomic mass is 9.92. The third-order valence-electron chi connectivity index (χ3n) is 6.94. The van der Waals surface area contributed by atoms with Crippen molar-refractivity contribution in [3.05, 3.63) is 65.5 Å². The Bertz CT molecular complexity index is 1450. The van der Waals surface area contributed by atoms with Crippen LogP contribution in [0.15, 0.2) is 48.8 Å². The van der Waals surface area contributed by atoms with E-state index in [9.17, 15) is 18.0 Å². The third-order valence-corrected chi connectivity index (χ3v) is 6.94. The fraction of sp³-hybridized carbons (Fsp3) is 0.346. The maximum atomic E-state index is 13.4. The zero-order valence-electron chi connectivity index (χ0n) is 20.3. The zero-order chi connectivity index (χ0) is 25.6. The summed E-state index contributed by atoms with van der Waals surface area (Å²) in [4.78, 5) is 25.0. The lowest BCUT2D eigenvalue weighted by molar-refractivity contribution is -0.138. The molecule has 0 unspecified atom stereocenters. The molecular formula is C26H27F3N6O. The smallest absolute Gasteiger partial charge is 0.369 e. The number of hydrogen-bond acceptors (Lipinski definition) is 5. The number of fused-ring (bicyclic) bond motifs is 3. The Morgan fingerprint density at radius 2 is 1.97 bits per heavy atom.